The van der Waals surface area contributed by atoms with E-state index in [1.165, 1.54) is 12.3 Å². The number of hydrogen-bond donors (Lipinski definition) is 1. The lowest BCUT2D eigenvalue weighted by Gasteiger charge is -2.23. The Kier molecular flexibility index (Phi) is 5.89. The summed E-state index contributed by atoms with van der Waals surface area (Å²) in [6.45, 7) is 2.85. The van der Waals surface area contributed by atoms with Gasteiger partial charge < -0.3 is 15.2 Å². The topological polar surface area (TPSA) is 121 Å². The molecule has 1 aliphatic heterocycles. The van der Waals surface area contributed by atoms with Crippen molar-refractivity contribution >= 4 is 15.7 Å². The number of aromatic nitrogens is 2. The molecule has 1 amide bonds. The van der Waals surface area contributed by atoms with E-state index < -0.39 is 15.7 Å². The van der Waals surface area contributed by atoms with E-state index in [0.29, 0.717) is 19.0 Å². The smallest absolute Gasteiger partial charge is 0.255 e. The van der Waals surface area contributed by atoms with Crippen LogP contribution in [0.1, 0.15) is 41.9 Å². The highest BCUT2D eigenvalue weighted by Crippen LogP contribution is 2.22. The van der Waals surface area contributed by atoms with Gasteiger partial charge in [0.2, 0.25) is 5.88 Å². The van der Waals surface area contributed by atoms with Crippen molar-refractivity contribution in [2.45, 2.75) is 31.8 Å². The van der Waals surface area contributed by atoms with Gasteiger partial charge in [-0.25, -0.2) is 13.4 Å². The summed E-state index contributed by atoms with van der Waals surface area (Å²) in [6, 6.07) is 0. The third-order valence-corrected chi connectivity index (χ3v) is 4.11. The van der Waals surface area contributed by atoms with Crippen LogP contribution in [0.5, 0.6) is 5.88 Å². The van der Waals surface area contributed by atoms with Crippen LogP contribution >= 0.6 is 0 Å². The zero-order valence-electron chi connectivity index (χ0n) is 13.6. The molecule has 1 aromatic heterocycles. The van der Waals surface area contributed by atoms with E-state index in [0.717, 1.165) is 24.5 Å². The van der Waals surface area contributed by atoms with Gasteiger partial charge in [-0.1, -0.05) is 13.0 Å². The molecule has 1 aromatic rings. The van der Waals surface area contributed by atoms with Gasteiger partial charge in [-0.05, 0) is 12.8 Å². The van der Waals surface area contributed by atoms with Gasteiger partial charge in [0.05, 0.1) is 6.61 Å². The second-order valence-corrected chi connectivity index (χ2v) is 7.65. The summed E-state index contributed by atoms with van der Waals surface area (Å²) in [5.74, 6) is -0.617. The third kappa shape index (κ3) is 5.27. The third-order valence-electron chi connectivity index (χ3n) is 3.46. The molecule has 0 bridgehead atoms. The fourth-order valence-corrected chi connectivity index (χ4v) is 2.69. The van der Waals surface area contributed by atoms with Gasteiger partial charge in [0.15, 0.2) is 9.84 Å². The lowest BCUT2D eigenvalue weighted by molar-refractivity contribution is 0.00498. The zero-order chi connectivity index (χ0) is 17.7. The number of primary amides is 1. The van der Waals surface area contributed by atoms with Gasteiger partial charge in [-0.15, -0.1) is 0 Å². The van der Waals surface area contributed by atoms with Crippen LogP contribution in [0.2, 0.25) is 0 Å². The molecule has 1 saturated heterocycles. The molecule has 1 fully saturated rings. The molecule has 2 N–H and O–H groups in total. The predicted molar refractivity (Wildman–Crippen MR) is 87.4 cm³/mol. The maximum Gasteiger partial charge on any atom is 0.255 e. The first-order chi connectivity index (χ1) is 11.3. The molecule has 24 heavy (non-hydrogen) atoms. The summed E-state index contributed by atoms with van der Waals surface area (Å²) < 4.78 is 33.5. The number of nitrogens with two attached hydrogens (primary N) is 1. The summed E-state index contributed by atoms with van der Waals surface area (Å²) in [5.41, 5.74) is 5.42. The largest absolute Gasteiger partial charge is 0.471 e. The predicted octanol–water partition coefficient (Wildman–Crippen LogP) is 0.795. The van der Waals surface area contributed by atoms with Crippen molar-refractivity contribution in [1.82, 2.24) is 9.97 Å². The van der Waals surface area contributed by atoms with E-state index in [9.17, 15) is 13.2 Å². The molecule has 2 atom stereocenters. The van der Waals surface area contributed by atoms with E-state index in [-0.39, 0.29) is 23.5 Å². The molecule has 1 aliphatic rings. The summed E-state index contributed by atoms with van der Waals surface area (Å²) in [7, 11) is -3.24. The molecule has 9 heteroatoms. The van der Waals surface area contributed by atoms with E-state index in [1.807, 2.05) is 0 Å². The fourth-order valence-electron chi connectivity index (χ4n) is 2.17. The minimum absolute atomic E-state index is 0.0867. The van der Waals surface area contributed by atoms with Gasteiger partial charge in [0.25, 0.3) is 5.91 Å². The number of amides is 1. The van der Waals surface area contributed by atoms with Crippen LogP contribution in [-0.4, -0.2) is 49.9 Å². The molecule has 2 heterocycles. The zero-order valence-corrected chi connectivity index (χ0v) is 14.5. The van der Waals surface area contributed by atoms with Crippen molar-refractivity contribution in [3.05, 3.63) is 29.1 Å². The molecule has 0 spiro atoms. The highest BCUT2D eigenvalue weighted by Gasteiger charge is 2.21. The quantitative estimate of drug-likeness (QED) is 0.800. The van der Waals surface area contributed by atoms with Crippen molar-refractivity contribution in [3.8, 4) is 5.88 Å². The number of carbonyl (C=O) groups is 1. The summed E-state index contributed by atoms with van der Waals surface area (Å²) in [6.07, 6.45) is 5.33. The molecular weight excluding hydrogens is 334 g/mol. The molecule has 2 rings (SSSR count). The van der Waals surface area contributed by atoms with Crippen LogP contribution in [0.25, 0.3) is 0 Å². The number of sulfone groups is 1. The molecule has 0 aromatic carbocycles. The van der Waals surface area contributed by atoms with Gasteiger partial charge in [0.1, 0.15) is 17.5 Å². The first kappa shape index (κ1) is 18.3. The summed E-state index contributed by atoms with van der Waals surface area (Å²) in [5, 5.41) is 1.10. The van der Waals surface area contributed by atoms with Crippen LogP contribution in [0.4, 0.5) is 0 Å². The van der Waals surface area contributed by atoms with Gasteiger partial charge in [-0.3, -0.25) is 4.79 Å². The molecule has 0 aliphatic carbocycles. The van der Waals surface area contributed by atoms with Gasteiger partial charge in [-0.2, -0.15) is 4.98 Å². The number of ether oxygens (including phenoxy) is 2. The average Bonchev–Trinajstić information content (AvgIpc) is 2.52. The van der Waals surface area contributed by atoms with Crippen LogP contribution < -0.4 is 10.5 Å². The minimum Gasteiger partial charge on any atom is -0.471 e. The first-order valence-corrected chi connectivity index (χ1v) is 9.51. The maximum atomic E-state index is 11.5. The Morgan fingerprint density at radius 1 is 1.54 bits per heavy atom. The standard InChI is InChI=1S/C15H21N3O5S/c1-10(5-7-24(2,20)21)14-17-8-12(13(16)19)15(18-14)23-11-4-3-6-22-9-11/h5,7-8,10-11H,3-4,6,9H2,1-2H3,(H2,16,19)/b7-5+/t10-,11-/m0/s1. The molecule has 0 radical (unpaired) electrons. The first-order valence-electron chi connectivity index (χ1n) is 7.55. The van der Waals surface area contributed by atoms with Crippen LogP contribution in [0, 0.1) is 0 Å². The number of hydrogen-bond acceptors (Lipinski definition) is 7. The van der Waals surface area contributed by atoms with Crippen molar-refractivity contribution in [2.24, 2.45) is 5.73 Å². The highest BCUT2D eigenvalue weighted by atomic mass is 32.2. The summed E-state index contributed by atoms with van der Waals surface area (Å²) in [4.78, 5) is 19.9. The van der Waals surface area contributed by atoms with Gasteiger partial charge >= 0.3 is 0 Å². The van der Waals surface area contributed by atoms with Crippen LogP contribution in [0.3, 0.4) is 0 Å². The Morgan fingerprint density at radius 2 is 2.29 bits per heavy atom. The van der Waals surface area contributed by atoms with Crippen molar-refractivity contribution in [1.29, 1.82) is 0 Å². The van der Waals surface area contributed by atoms with E-state index >= 15 is 0 Å². The lowest BCUT2D eigenvalue weighted by Crippen LogP contribution is -2.29. The average molecular weight is 355 g/mol. The Bertz CT molecular complexity index is 727. The SMILES string of the molecule is C[C@@H](/C=C/S(C)(=O)=O)c1ncc(C(N)=O)c(O[C@H]2CCCOC2)n1. The highest BCUT2D eigenvalue weighted by molar-refractivity contribution is 7.93. The summed E-state index contributed by atoms with van der Waals surface area (Å²) >= 11 is 0. The Balaban J connectivity index is 2.26. The van der Waals surface area contributed by atoms with Gasteiger partial charge in [0, 0.05) is 30.4 Å². The molecular formula is C15H21N3O5S. The molecule has 8 nitrogen and oxygen atoms in total. The van der Waals surface area contributed by atoms with Crippen molar-refractivity contribution < 1.29 is 22.7 Å². The second kappa shape index (κ2) is 7.71. The lowest BCUT2D eigenvalue weighted by atomic mass is 10.1. The van der Waals surface area contributed by atoms with E-state index in [1.54, 1.807) is 6.92 Å². The van der Waals surface area contributed by atoms with E-state index in [2.05, 4.69) is 9.97 Å². The second-order valence-electron chi connectivity index (χ2n) is 5.72. The Labute approximate surface area is 141 Å². The Hall–Kier alpha value is -2.00. The number of allylic oxidation sites excluding steroid dienone is 1. The molecule has 132 valence electrons. The fraction of sp³-hybridized carbons (Fsp3) is 0.533. The number of nitrogens with zero attached hydrogens (tertiary/aromatic N) is 2. The van der Waals surface area contributed by atoms with E-state index in [4.69, 9.17) is 15.2 Å². The Morgan fingerprint density at radius 3 is 2.88 bits per heavy atom. The molecule has 0 unspecified atom stereocenters. The normalized spacial score (nSPS) is 20.0. The van der Waals surface area contributed by atoms with Crippen molar-refractivity contribution in [3.63, 3.8) is 0 Å². The minimum atomic E-state index is -3.24. The monoisotopic (exact) mass is 355 g/mol. The number of rotatable bonds is 6. The van der Waals surface area contributed by atoms with Crippen molar-refractivity contribution in [2.75, 3.05) is 19.5 Å². The van der Waals surface area contributed by atoms with Crippen LogP contribution in [0.15, 0.2) is 17.7 Å². The molecule has 0 saturated carbocycles. The maximum absolute atomic E-state index is 11.5. The van der Waals surface area contributed by atoms with Crippen LogP contribution in [-0.2, 0) is 14.6 Å². The number of carbonyl (C=O) groups excluding carboxylic acids is 1.